The fourth-order valence-corrected chi connectivity index (χ4v) is 6.08. The van der Waals surface area contributed by atoms with Crippen molar-refractivity contribution in [3.63, 3.8) is 0 Å². The molecule has 4 rings (SSSR count). The minimum absolute atomic E-state index is 0.0533. The van der Waals surface area contributed by atoms with Crippen LogP contribution in [-0.2, 0) is 25.0 Å². The molecule has 0 aliphatic carbocycles. The van der Waals surface area contributed by atoms with Crippen LogP contribution in [0.2, 0.25) is 0 Å². The maximum Gasteiger partial charge on any atom is 0.243 e. The zero-order valence-electron chi connectivity index (χ0n) is 18.9. The van der Waals surface area contributed by atoms with Crippen LogP contribution in [0.15, 0.2) is 47.4 Å². The molecule has 170 valence electrons. The first kappa shape index (κ1) is 22.5. The van der Waals surface area contributed by atoms with Crippen molar-refractivity contribution < 1.29 is 18.0 Å². The van der Waals surface area contributed by atoms with E-state index in [0.717, 1.165) is 22.5 Å². The van der Waals surface area contributed by atoms with E-state index in [1.165, 1.54) is 4.31 Å². The number of piperidine rings is 1. The number of carbonyl (C=O) groups excluding carboxylic acids is 2. The molecular weight excluding hydrogens is 426 g/mol. The van der Waals surface area contributed by atoms with E-state index in [0.29, 0.717) is 12.8 Å². The van der Waals surface area contributed by atoms with Gasteiger partial charge in [0, 0.05) is 37.4 Å². The zero-order valence-corrected chi connectivity index (χ0v) is 19.7. The molecule has 0 atom stereocenters. The Labute approximate surface area is 189 Å². The van der Waals surface area contributed by atoms with Gasteiger partial charge in [-0.1, -0.05) is 12.1 Å². The summed E-state index contributed by atoms with van der Waals surface area (Å²) < 4.78 is 28.0. The first-order valence-electron chi connectivity index (χ1n) is 10.8. The smallest absolute Gasteiger partial charge is 0.243 e. The predicted octanol–water partition coefficient (Wildman–Crippen LogP) is 3.29. The quantitative estimate of drug-likeness (QED) is 0.767. The van der Waals surface area contributed by atoms with Gasteiger partial charge in [-0.25, -0.2) is 8.42 Å². The summed E-state index contributed by atoms with van der Waals surface area (Å²) in [6.45, 7) is 6.16. The molecule has 32 heavy (non-hydrogen) atoms. The Balaban J connectivity index is 1.46. The zero-order chi connectivity index (χ0) is 23.3. The van der Waals surface area contributed by atoms with E-state index in [9.17, 15) is 18.0 Å². The van der Waals surface area contributed by atoms with Crippen LogP contribution in [0.1, 0.15) is 37.8 Å². The average molecular weight is 456 g/mol. The van der Waals surface area contributed by atoms with Gasteiger partial charge in [-0.2, -0.15) is 4.31 Å². The van der Waals surface area contributed by atoms with E-state index >= 15 is 0 Å². The molecule has 8 heteroatoms. The number of anilines is 2. The van der Waals surface area contributed by atoms with Crippen molar-refractivity contribution in [2.75, 3.05) is 30.4 Å². The first-order chi connectivity index (χ1) is 15.0. The molecule has 2 aliphatic heterocycles. The van der Waals surface area contributed by atoms with Gasteiger partial charge in [0.25, 0.3) is 0 Å². The SMILES string of the molecule is Cc1cccc(NC(=O)C2CCN(S(=O)(=O)c3ccc4c(c3)C(C)(C)C(=O)N4C)CC2)c1. The lowest BCUT2D eigenvalue weighted by molar-refractivity contribution is -0.122. The molecule has 0 bridgehead atoms. The molecular formula is C24H29N3O4S. The number of nitrogens with one attached hydrogen (secondary N) is 1. The number of benzene rings is 2. The Morgan fingerprint density at radius 1 is 1.09 bits per heavy atom. The summed E-state index contributed by atoms with van der Waals surface area (Å²) in [5.41, 5.74) is 2.51. The van der Waals surface area contributed by atoms with Crippen LogP contribution in [-0.4, -0.2) is 44.7 Å². The van der Waals surface area contributed by atoms with Gasteiger partial charge in [0.15, 0.2) is 0 Å². The van der Waals surface area contributed by atoms with Gasteiger partial charge < -0.3 is 10.2 Å². The second-order valence-electron chi connectivity index (χ2n) is 9.21. The number of amides is 2. The molecule has 0 aromatic heterocycles. The molecule has 2 amide bonds. The monoisotopic (exact) mass is 455 g/mol. The number of carbonyl (C=O) groups is 2. The lowest BCUT2D eigenvalue weighted by atomic mass is 9.86. The minimum atomic E-state index is -3.71. The molecule has 2 heterocycles. The summed E-state index contributed by atoms with van der Waals surface area (Å²) in [6, 6.07) is 12.5. The summed E-state index contributed by atoms with van der Waals surface area (Å²) in [4.78, 5) is 26.9. The normalized spacial score (nSPS) is 19.1. The largest absolute Gasteiger partial charge is 0.326 e. The number of hydrogen-bond donors (Lipinski definition) is 1. The summed E-state index contributed by atoms with van der Waals surface area (Å²) in [7, 11) is -2.01. The maximum absolute atomic E-state index is 13.3. The number of likely N-dealkylation sites (N-methyl/N-ethyl adjacent to an activating group) is 1. The molecule has 0 saturated carbocycles. The van der Waals surface area contributed by atoms with Crippen molar-refractivity contribution in [3.8, 4) is 0 Å². The van der Waals surface area contributed by atoms with Crippen LogP contribution in [0, 0.1) is 12.8 Å². The van der Waals surface area contributed by atoms with E-state index in [4.69, 9.17) is 0 Å². The minimum Gasteiger partial charge on any atom is -0.326 e. The Kier molecular flexibility index (Phi) is 5.63. The number of hydrogen-bond acceptors (Lipinski definition) is 4. The molecule has 0 radical (unpaired) electrons. The molecule has 1 N–H and O–H groups in total. The first-order valence-corrected chi connectivity index (χ1v) is 12.3. The van der Waals surface area contributed by atoms with Gasteiger partial charge in [-0.15, -0.1) is 0 Å². The second-order valence-corrected chi connectivity index (χ2v) is 11.1. The molecule has 1 fully saturated rings. The van der Waals surface area contributed by atoms with Crippen molar-refractivity contribution in [1.82, 2.24) is 4.31 Å². The van der Waals surface area contributed by atoms with Crippen molar-refractivity contribution in [2.45, 2.75) is 43.9 Å². The van der Waals surface area contributed by atoms with Gasteiger partial charge in [0.2, 0.25) is 21.8 Å². The third-order valence-corrected chi connectivity index (χ3v) is 8.48. The topological polar surface area (TPSA) is 86.8 Å². The standard InChI is InChI=1S/C24H29N3O4S/c1-16-6-5-7-18(14-16)25-22(28)17-10-12-27(13-11-17)32(30,31)19-8-9-21-20(15-19)24(2,3)23(29)26(21)4/h5-9,14-15,17H,10-13H2,1-4H3,(H,25,28). The van der Waals surface area contributed by atoms with Crippen molar-refractivity contribution in [2.24, 2.45) is 5.92 Å². The van der Waals surface area contributed by atoms with E-state index in [2.05, 4.69) is 5.32 Å². The van der Waals surface area contributed by atoms with Crippen LogP contribution in [0.5, 0.6) is 0 Å². The van der Waals surface area contributed by atoms with Crippen LogP contribution >= 0.6 is 0 Å². The Bertz CT molecular complexity index is 1180. The highest BCUT2D eigenvalue weighted by Crippen LogP contribution is 2.42. The molecule has 0 unspecified atom stereocenters. The van der Waals surface area contributed by atoms with Gasteiger partial charge in [0.1, 0.15) is 0 Å². The number of sulfonamides is 1. The number of aryl methyl sites for hydroxylation is 1. The number of nitrogens with zero attached hydrogens (tertiary/aromatic N) is 2. The summed E-state index contributed by atoms with van der Waals surface area (Å²) >= 11 is 0. The lowest BCUT2D eigenvalue weighted by Gasteiger charge is -2.30. The van der Waals surface area contributed by atoms with Crippen molar-refractivity contribution >= 4 is 33.2 Å². The van der Waals surface area contributed by atoms with Crippen LogP contribution in [0.4, 0.5) is 11.4 Å². The van der Waals surface area contributed by atoms with Crippen molar-refractivity contribution in [3.05, 3.63) is 53.6 Å². The Morgan fingerprint density at radius 3 is 2.44 bits per heavy atom. The van der Waals surface area contributed by atoms with Crippen molar-refractivity contribution in [1.29, 1.82) is 0 Å². The van der Waals surface area contributed by atoms with Crippen LogP contribution < -0.4 is 10.2 Å². The number of rotatable bonds is 4. The fraction of sp³-hybridized carbons (Fsp3) is 0.417. The highest BCUT2D eigenvalue weighted by molar-refractivity contribution is 7.89. The lowest BCUT2D eigenvalue weighted by Crippen LogP contribution is -2.41. The Hall–Kier alpha value is -2.71. The molecule has 0 spiro atoms. The molecule has 7 nitrogen and oxygen atoms in total. The summed E-state index contributed by atoms with van der Waals surface area (Å²) in [6.07, 6.45) is 0.934. The van der Waals surface area contributed by atoms with Gasteiger partial charge in [0.05, 0.1) is 10.3 Å². The van der Waals surface area contributed by atoms with Gasteiger partial charge in [-0.05, 0) is 75.1 Å². The van der Waals surface area contributed by atoms with Gasteiger partial charge >= 0.3 is 0 Å². The highest BCUT2D eigenvalue weighted by atomic mass is 32.2. The van der Waals surface area contributed by atoms with E-state index < -0.39 is 15.4 Å². The molecule has 2 aromatic carbocycles. The van der Waals surface area contributed by atoms with Gasteiger partial charge in [-0.3, -0.25) is 9.59 Å². The predicted molar refractivity (Wildman–Crippen MR) is 124 cm³/mol. The van der Waals surface area contributed by atoms with E-state index in [1.54, 1.807) is 30.1 Å². The number of fused-ring (bicyclic) bond motifs is 1. The van der Waals surface area contributed by atoms with E-state index in [1.807, 2.05) is 45.0 Å². The third-order valence-electron chi connectivity index (χ3n) is 6.59. The highest BCUT2D eigenvalue weighted by Gasteiger charge is 2.43. The third kappa shape index (κ3) is 3.82. The van der Waals surface area contributed by atoms with E-state index in [-0.39, 0.29) is 35.7 Å². The summed E-state index contributed by atoms with van der Waals surface area (Å²) in [5.74, 6) is -0.358. The van der Waals surface area contributed by atoms with Crippen LogP contribution in [0.3, 0.4) is 0 Å². The summed E-state index contributed by atoms with van der Waals surface area (Å²) in [5, 5.41) is 2.94. The maximum atomic E-state index is 13.3. The molecule has 1 saturated heterocycles. The second kappa shape index (κ2) is 8.01. The molecule has 2 aliphatic rings. The average Bonchev–Trinajstić information content (AvgIpc) is 2.94. The Morgan fingerprint density at radius 2 is 1.78 bits per heavy atom. The molecule has 2 aromatic rings. The van der Waals surface area contributed by atoms with Crippen LogP contribution in [0.25, 0.3) is 0 Å². The fourth-order valence-electron chi connectivity index (χ4n) is 4.59.